The quantitative estimate of drug-likeness (QED) is 0.691. The first-order valence-corrected chi connectivity index (χ1v) is 6.11. The van der Waals surface area contributed by atoms with Gasteiger partial charge in [0.1, 0.15) is 17.7 Å². The Hall–Kier alpha value is -2.52. The van der Waals surface area contributed by atoms with Gasteiger partial charge < -0.3 is 4.98 Å². The van der Waals surface area contributed by atoms with Crippen molar-refractivity contribution in [2.45, 2.75) is 0 Å². The molecule has 0 unspecified atom stereocenters. The van der Waals surface area contributed by atoms with Gasteiger partial charge in [0.15, 0.2) is 4.77 Å². The molecule has 2 aromatic carbocycles. The number of H-pyrrole nitrogens is 1. The van der Waals surface area contributed by atoms with Gasteiger partial charge in [-0.1, -0.05) is 0 Å². The summed E-state index contributed by atoms with van der Waals surface area (Å²) in [5.41, 5.74) is 1.76. The number of rotatable bonds is 1. The number of halogens is 2. The highest BCUT2D eigenvalue weighted by Gasteiger charge is 2.11. The molecule has 0 fully saturated rings. The monoisotopic (exact) mass is 287 g/mol. The molecule has 20 heavy (non-hydrogen) atoms. The van der Waals surface area contributed by atoms with Crippen LogP contribution in [0, 0.1) is 27.7 Å². The van der Waals surface area contributed by atoms with E-state index in [1.165, 1.54) is 24.3 Å². The highest BCUT2D eigenvalue weighted by molar-refractivity contribution is 7.71. The van der Waals surface area contributed by atoms with E-state index in [-0.39, 0.29) is 11.4 Å². The van der Waals surface area contributed by atoms with Crippen LogP contribution in [0.1, 0.15) is 5.56 Å². The van der Waals surface area contributed by atoms with Crippen LogP contribution in [0.15, 0.2) is 36.4 Å². The van der Waals surface area contributed by atoms with E-state index in [4.69, 9.17) is 17.5 Å². The lowest BCUT2D eigenvalue weighted by atomic mass is 10.2. The normalized spacial score (nSPS) is 10.7. The number of nitrogens with one attached hydrogen (secondary N) is 1. The lowest BCUT2D eigenvalue weighted by molar-refractivity contribution is 0.627. The minimum atomic E-state index is -0.497. The second-order valence-corrected chi connectivity index (χ2v) is 4.59. The summed E-state index contributed by atoms with van der Waals surface area (Å²) in [6.07, 6.45) is 0. The van der Waals surface area contributed by atoms with Crippen LogP contribution in [0.2, 0.25) is 0 Å². The maximum absolute atomic E-state index is 13.2. The molecule has 1 heterocycles. The number of nitrogens with zero attached hydrogens (tertiary/aromatic N) is 2. The van der Waals surface area contributed by atoms with Crippen molar-refractivity contribution in [3.8, 4) is 11.8 Å². The van der Waals surface area contributed by atoms with Crippen molar-refractivity contribution in [3.05, 3.63) is 58.4 Å². The van der Waals surface area contributed by atoms with E-state index in [0.29, 0.717) is 21.5 Å². The maximum atomic E-state index is 13.2. The average Bonchev–Trinajstić information content (AvgIpc) is 2.73. The van der Waals surface area contributed by atoms with E-state index in [9.17, 15) is 8.78 Å². The molecule has 0 spiro atoms. The van der Waals surface area contributed by atoms with Gasteiger partial charge in [-0.25, -0.2) is 8.78 Å². The van der Waals surface area contributed by atoms with Crippen LogP contribution in [0.5, 0.6) is 0 Å². The Kier molecular flexibility index (Phi) is 2.84. The van der Waals surface area contributed by atoms with Gasteiger partial charge in [-0.05, 0) is 48.6 Å². The zero-order valence-electron chi connectivity index (χ0n) is 10.0. The van der Waals surface area contributed by atoms with Gasteiger partial charge in [0.25, 0.3) is 0 Å². The zero-order valence-corrected chi connectivity index (χ0v) is 10.8. The van der Waals surface area contributed by atoms with Gasteiger partial charge >= 0.3 is 0 Å². The smallest absolute Gasteiger partial charge is 0.182 e. The first-order valence-electron chi connectivity index (χ1n) is 5.70. The minimum Gasteiger partial charge on any atom is -0.330 e. The molecule has 1 N–H and O–H groups in total. The third-order valence-electron chi connectivity index (χ3n) is 2.96. The summed E-state index contributed by atoms with van der Waals surface area (Å²) in [4.78, 5) is 2.87. The van der Waals surface area contributed by atoms with Gasteiger partial charge in [0.2, 0.25) is 0 Å². The molecule has 98 valence electrons. The van der Waals surface area contributed by atoms with Crippen molar-refractivity contribution in [2.24, 2.45) is 0 Å². The van der Waals surface area contributed by atoms with E-state index >= 15 is 0 Å². The summed E-state index contributed by atoms with van der Waals surface area (Å²) >= 11 is 5.20. The van der Waals surface area contributed by atoms with Crippen molar-refractivity contribution in [3.63, 3.8) is 0 Å². The van der Waals surface area contributed by atoms with Crippen LogP contribution in [0.25, 0.3) is 16.7 Å². The van der Waals surface area contributed by atoms with Crippen molar-refractivity contribution < 1.29 is 8.78 Å². The van der Waals surface area contributed by atoms with Crippen LogP contribution < -0.4 is 0 Å². The standard InChI is InChI=1S/C14H7F2N3S/c15-9-1-3-12(8(5-9)7-17)19-13-4-2-10(16)6-11(13)18-14(19)20/h1-6H,(H,18,20). The second-order valence-electron chi connectivity index (χ2n) is 4.20. The van der Waals surface area contributed by atoms with Gasteiger partial charge in [-0.15, -0.1) is 0 Å². The molecule has 0 aliphatic carbocycles. The summed E-state index contributed by atoms with van der Waals surface area (Å²) in [6.45, 7) is 0. The van der Waals surface area contributed by atoms with Crippen molar-refractivity contribution in [2.75, 3.05) is 0 Å². The van der Waals surface area contributed by atoms with Gasteiger partial charge in [0, 0.05) is 0 Å². The summed E-state index contributed by atoms with van der Waals surface area (Å²) in [6, 6.07) is 9.97. The zero-order chi connectivity index (χ0) is 14.3. The van der Waals surface area contributed by atoms with E-state index < -0.39 is 5.82 Å². The topological polar surface area (TPSA) is 44.5 Å². The van der Waals surface area contributed by atoms with E-state index in [1.54, 1.807) is 10.6 Å². The Morgan fingerprint density at radius 3 is 2.55 bits per heavy atom. The fourth-order valence-electron chi connectivity index (χ4n) is 2.12. The second kappa shape index (κ2) is 4.54. The first-order chi connectivity index (χ1) is 9.60. The van der Waals surface area contributed by atoms with Crippen LogP contribution in [0.4, 0.5) is 8.78 Å². The molecule has 3 rings (SSSR count). The molecule has 0 saturated carbocycles. The molecule has 0 amide bonds. The summed E-state index contributed by atoms with van der Waals surface area (Å²) in [5.74, 6) is -0.886. The van der Waals surface area contributed by atoms with Crippen LogP contribution in [-0.4, -0.2) is 9.55 Å². The van der Waals surface area contributed by atoms with Crippen molar-refractivity contribution in [1.82, 2.24) is 9.55 Å². The highest BCUT2D eigenvalue weighted by atomic mass is 32.1. The van der Waals surface area contributed by atoms with Crippen molar-refractivity contribution >= 4 is 23.3 Å². The van der Waals surface area contributed by atoms with Gasteiger partial charge in [0.05, 0.1) is 22.3 Å². The number of hydrogen-bond donors (Lipinski definition) is 1. The molecule has 0 saturated heterocycles. The lowest BCUT2D eigenvalue weighted by Gasteiger charge is -2.06. The number of benzene rings is 2. The number of aromatic amines is 1. The Morgan fingerprint density at radius 2 is 1.80 bits per heavy atom. The predicted octanol–water partition coefficient (Wildman–Crippen LogP) is 3.84. The van der Waals surface area contributed by atoms with E-state index in [0.717, 1.165) is 6.07 Å². The number of aromatic nitrogens is 2. The predicted molar refractivity (Wildman–Crippen MR) is 73.1 cm³/mol. The molecule has 0 aliphatic heterocycles. The Bertz CT molecular complexity index is 918. The molecule has 0 radical (unpaired) electrons. The van der Waals surface area contributed by atoms with Crippen molar-refractivity contribution in [1.29, 1.82) is 5.26 Å². The average molecular weight is 287 g/mol. The highest BCUT2D eigenvalue weighted by Crippen LogP contribution is 2.23. The Labute approximate surface area is 117 Å². The third kappa shape index (κ3) is 1.89. The molecular formula is C14H7F2N3S. The molecule has 6 heteroatoms. The Morgan fingerprint density at radius 1 is 1.10 bits per heavy atom. The molecular weight excluding hydrogens is 280 g/mol. The van der Waals surface area contributed by atoms with Gasteiger partial charge in [-0.2, -0.15) is 5.26 Å². The van der Waals surface area contributed by atoms with Crippen LogP contribution in [0.3, 0.4) is 0 Å². The summed E-state index contributed by atoms with van der Waals surface area (Å²) < 4.78 is 28.3. The SMILES string of the molecule is N#Cc1cc(F)ccc1-n1c(=S)[nH]c2cc(F)ccc21. The number of nitriles is 1. The fourth-order valence-corrected chi connectivity index (χ4v) is 2.42. The van der Waals surface area contributed by atoms with Gasteiger partial charge in [-0.3, -0.25) is 4.57 Å². The fraction of sp³-hybridized carbons (Fsp3) is 0. The van der Waals surface area contributed by atoms with E-state index in [2.05, 4.69) is 4.98 Å². The third-order valence-corrected chi connectivity index (χ3v) is 3.25. The van der Waals surface area contributed by atoms with Crippen LogP contribution in [-0.2, 0) is 0 Å². The largest absolute Gasteiger partial charge is 0.330 e. The number of imidazole rings is 1. The molecule has 0 atom stereocenters. The minimum absolute atomic E-state index is 0.159. The maximum Gasteiger partial charge on any atom is 0.182 e. The summed E-state index contributed by atoms with van der Waals surface area (Å²) in [7, 11) is 0. The number of fused-ring (bicyclic) bond motifs is 1. The lowest BCUT2D eigenvalue weighted by Crippen LogP contribution is -1.98. The number of hydrogen-bond acceptors (Lipinski definition) is 2. The molecule has 3 aromatic rings. The first kappa shape index (κ1) is 12.5. The molecule has 3 nitrogen and oxygen atoms in total. The Balaban J connectivity index is 2.39. The molecule has 0 bridgehead atoms. The van der Waals surface area contributed by atoms with E-state index in [1.807, 2.05) is 6.07 Å². The van der Waals surface area contributed by atoms with Crippen LogP contribution >= 0.6 is 12.2 Å². The molecule has 1 aromatic heterocycles. The summed E-state index contributed by atoms with van der Waals surface area (Å²) in [5, 5.41) is 9.11. The molecule has 0 aliphatic rings.